The predicted molar refractivity (Wildman–Crippen MR) is 121 cm³/mol. The highest BCUT2D eigenvalue weighted by Crippen LogP contribution is 2.25. The third kappa shape index (κ3) is 4.29. The molecule has 0 aliphatic carbocycles. The number of carbonyl (C=O) groups excluding carboxylic acids is 1. The fourth-order valence-electron chi connectivity index (χ4n) is 3.77. The lowest BCUT2D eigenvalue weighted by molar-refractivity contribution is 0.0595. The molecule has 1 aliphatic rings. The minimum absolute atomic E-state index is 0.0139. The van der Waals surface area contributed by atoms with E-state index in [9.17, 15) is 4.79 Å². The van der Waals surface area contributed by atoms with E-state index < -0.39 is 0 Å². The Kier molecular flexibility index (Phi) is 5.85. The summed E-state index contributed by atoms with van der Waals surface area (Å²) in [5, 5.41) is 8.55. The number of rotatable bonds is 4. The molecule has 1 aliphatic heterocycles. The first-order chi connectivity index (χ1) is 15.1. The molecule has 3 aromatic heterocycles. The summed E-state index contributed by atoms with van der Waals surface area (Å²) in [6.07, 6.45) is 3.31. The fraction of sp³-hybridized carbons (Fsp3) is 0.522. The minimum Gasteiger partial charge on any atom is -0.336 e. The molecule has 4 rings (SSSR count). The second kappa shape index (κ2) is 8.46. The Morgan fingerprint density at radius 3 is 2.50 bits per heavy atom. The summed E-state index contributed by atoms with van der Waals surface area (Å²) < 4.78 is 7.15. The molecule has 0 bridgehead atoms. The minimum atomic E-state index is -0.202. The molecule has 0 unspecified atom stereocenters. The Morgan fingerprint density at radius 1 is 1.16 bits per heavy atom. The van der Waals surface area contributed by atoms with E-state index in [-0.39, 0.29) is 11.3 Å². The molecule has 9 heteroatoms. The number of pyridine rings is 1. The number of piperazine rings is 1. The molecular formula is C23H31N7O2. The maximum absolute atomic E-state index is 13.1. The van der Waals surface area contributed by atoms with Gasteiger partial charge in [0.2, 0.25) is 0 Å². The van der Waals surface area contributed by atoms with Crippen molar-refractivity contribution in [2.24, 2.45) is 0 Å². The molecule has 0 spiro atoms. The predicted octanol–water partition coefficient (Wildman–Crippen LogP) is 3.09. The van der Waals surface area contributed by atoms with Gasteiger partial charge >= 0.3 is 0 Å². The van der Waals surface area contributed by atoms with Crippen molar-refractivity contribution in [3.05, 3.63) is 41.6 Å². The number of hydrogen-bond acceptors (Lipinski definition) is 7. The molecule has 1 amide bonds. The van der Waals surface area contributed by atoms with E-state index in [1.54, 1.807) is 17.1 Å². The van der Waals surface area contributed by atoms with Crippen LogP contribution in [0, 0.1) is 6.92 Å². The molecule has 0 aromatic carbocycles. The van der Waals surface area contributed by atoms with E-state index in [2.05, 4.69) is 39.0 Å². The standard InChI is InChI=1S/C23H31N7O2/c1-15(2)28-9-11-29(12-10-28)21(31)18-14-25-30(16(18)3)19-13-17(7-8-24-19)20-26-22(27-32-20)23(4,5)6/h7-8,13-15H,9-12H2,1-6H3. The first kappa shape index (κ1) is 22.1. The van der Waals surface area contributed by atoms with Gasteiger partial charge in [-0.1, -0.05) is 25.9 Å². The van der Waals surface area contributed by atoms with Gasteiger partial charge in [0, 0.05) is 49.4 Å². The maximum atomic E-state index is 13.1. The molecule has 170 valence electrons. The van der Waals surface area contributed by atoms with Gasteiger partial charge < -0.3 is 9.42 Å². The van der Waals surface area contributed by atoms with Crippen molar-refractivity contribution in [2.45, 2.75) is 53.0 Å². The summed E-state index contributed by atoms with van der Waals surface area (Å²) in [7, 11) is 0. The van der Waals surface area contributed by atoms with Crippen molar-refractivity contribution in [2.75, 3.05) is 26.2 Å². The van der Waals surface area contributed by atoms with Crippen LogP contribution in [0.1, 0.15) is 56.5 Å². The van der Waals surface area contributed by atoms with Gasteiger partial charge in [-0.15, -0.1) is 0 Å². The lowest BCUT2D eigenvalue weighted by Gasteiger charge is -2.36. The van der Waals surface area contributed by atoms with Crippen LogP contribution in [0.4, 0.5) is 0 Å². The average Bonchev–Trinajstić information content (AvgIpc) is 3.41. The molecule has 0 N–H and O–H groups in total. The topological polar surface area (TPSA) is 93.2 Å². The second-order valence-corrected chi connectivity index (χ2v) is 9.55. The zero-order chi connectivity index (χ0) is 23.0. The van der Waals surface area contributed by atoms with E-state index in [0.717, 1.165) is 37.4 Å². The van der Waals surface area contributed by atoms with Crippen molar-refractivity contribution in [1.82, 2.24) is 34.7 Å². The van der Waals surface area contributed by atoms with Gasteiger partial charge in [-0.05, 0) is 32.9 Å². The van der Waals surface area contributed by atoms with E-state index in [1.807, 2.05) is 44.7 Å². The number of carbonyl (C=O) groups is 1. The SMILES string of the molecule is Cc1c(C(=O)N2CCN(C(C)C)CC2)cnn1-c1cc(-c2nc(C(C)(C)C)no2)ccn1. The van der Waals surface area contributed by atoms with Crippen molar-refractivity contribution in [3.8, 4) is 17.3 Å². The number of nitrogens with zero attached hydrogens (tertiary/aromatic N) is 7. The lowest BCUT2D eigenvalue weighted by Crippen LogP contribution is -2.50. The van der Waals surface area contributed by atoms with Gasteiger partial charge in [-0.25, -0.2) is 9.67 Å². The van der Waals surface area contributed by atoms with Crippen molar-refractivity contribution >= 4 is 5.91 Å². The fourth-order valence-corrected chi connectivity index (χ4v) is 3.77. The molecular weight excluding hydrogens is 406 g/mol. The van der Waals surface area contributed by atoms with Gasteiger partial charge in [-0.3, -0.25) is 9.69 Å². The molecule has 1 fully saturated rings. The summed E-state index contributed by atoms with van der Waals surface area (Å²) in [6, 6.07) is 4.16. The molecule has 0 atom stereocenters. The average molecular weight is 438 g/mol. The Morgan fingerprint density at radius 2 is 1.88 bits per heavy atom. The van der Waals surface area contributed by atoms with Crippen LogP contribution in [-0.4, -0.2) is 72.8 Å². The molecule has 4 heterocycles. The summed E-state index contributed by atoms with van der Waals surface area (Å²) >= 11 is 0. The van der Waals surface area contributed by atoms with Gasteiger partial charge in [0.1, 0.15) is 0 Å². The van der Waals surface area contributed by atoms with Crippen LogP contribution in [0.5, 0.6) is 0 Å². The van der Waals surface area contributed by atoms with E-state index in [4.69, 9.17) is 4.52 Å². The summed E-state index contributed by atoms with van der Waals surface area (Å²) in [6.45, 7) is 15.6. The van der Waals surface area contributed by atoms with E-state index >= 15 is 0 Å². The first-order valence-electron chi connectivity index (χ1n) is 11.0. The highest BCUT2D eigenvalue weighted by atomic mass is 16.5. The second-order valence-electron chi connectivity index (χ2n) is 9.55. The van der Waals surface area contributed by atoms with E-state index in [0.29, 0.717) is 29.1 Å². The quantitative estimate of drug-likeness (QED) is 0.619. The number of hydrogen-bond donors (Lipinski definition) is 0. The first-order valence-corrected chi connectivity index (χ1v) is 11.0. The third-order valence-electron chi connectivity index (χ3n) is 5.88. The van der Waals surface area contributed by atoms with Crippen LogP contribution in [-0.2, 0) is 5.41 Å². The van der Waals surface area contributed by atoms with Crippen LogP contribution in [0.3, 0.4) is 0 Å². The molecule has 9 nitrogen and oxygen atoms in total. The Bertz CT molecular complexity index is 1100. The molecule has 0 saturated carbocycles. The largest absolute Gasteiger partial charge is 0.336 e. The molecule has 3 aromatic rings. The van der Waals surface area contributed by atoms with Gasteiger partial charge in [-0.2, -0.15) is 10.1 Å². The van der Waals surface area contributed by atoms with Crippen LogP contribution in [0.2, 0.25) is 0 Å². The van der Waals surface area contributed by atoms with Crippen molar-refractivity contribution in [3.63, 3.8) is 0 Å². The summed E-state index contributed by atoms with van der Waals surface area (Å²) in [5.74, 6) is 1.69. The highest BCUT2D eigenvalue weighted by Gasteiger charge is 2.26. The summed E-state index contributed by atoms with van der Waals surface area (Å²) in [5.41, 5.74) is 1.91. The third-order valence-corrected chi connectivity index (χ3v) is 5.88. The van der Waals surface area contributed by atoms with Crippen LogP contribution >= 0.6 is 0 Å². The maximum Gasteiger partial charge on any atom is 0.258 e. The van der Waals surface area contributed by atoms with Gasteiger partial charge in [0.05, 0.1) is 17.5 Å². The Labute approximate surface area is 188 Å². The molecule has 0 radical (unpaired) electrons. The Balaban J connectivity index is 1.55. The molecule has 32 heavy (non-hydrogen) atoms. The number of aromatic nitrogens is 5. The van der Waals surface area contributed by atoms with Crippen LogP contribution in [0.15, 0.2) is 29.0 Å². The van der Waals surface area contributed by atoms with Crippen molar-refractivity contribution < 1.29 is 9.32 Å². The van der Waals surface area contributed by atoms with Gasteiger partial charge in [0.25, 0.3) is 11.8 Å². The highest BCUT2D eigenvalue weighted by molar-refractivity contribution is 5.95. The monoisotopic (exact) mass is 437 g/mol. The zero-order valence-corrected chi connectivity index (χ0v) is 19.7. The lowest BCUT2D eigenvalue weighted by atomic mass is 9.96. The van der Waals surface area contributed by atoms with Crippen LogP contribution < -0.4 is 0 Å². The van der Waals surface area contributed by atoms with E-state index in [1.165, 1.54) is 0 Å². The Hall–Kier alpha value is -3.07. The van der Waals surface area contributed by atoms with Crippen LogP contribution in [0.25, 0.3) is 17.3 Å². The van der Waals surface area contributed by atoms with Crippen molar-refractivity contribution in [1.29, 1.82) is 0 Å². The zero-order valence-electron chi connectivity index (χ0n) is 19.7. The van der Waals surface area contributed by atoms with Gasteiger partial charge in [0.15, 0.2) is 11.6 Å². The molecule has 1 saturated heterocycles. The smallest absolute Gasteiger partial charge is 0.258 e. The summed E-state index contributed by atoms with van der Waals surface area (Å²) in [4.78, 5) is 26.4. The number of amides is 1. The normalized spacial score (nSPS) is 15.5.